The number of nitrogens with zero attached hydrogens (tertiary/aromatic N) is 7. The van der Waals surface area contributed by atoms with Crippen LogP contribution in [0.15, 0.2) is 42.6 Å². The quantitative estimate of drug-likeness (QED) is 0.380. The molecule has 8 nitrogen and oxygen atoms in total. The third-order valence-electron chi connectivity index (χ3n) is 5.30. The molecule has 160 valence electrons. The second-order valence-corrected chi connectivity index (χ2v) is 8.22. The van der Waals surface area contributed by atoms with Gasteiger partial charge in [-0.3, -0.25) is 4.79 Å². The normalized spacial score (nSPS) is 11.4. The van der Waals surface area contributed by atoms with Crippen LogP contribution in [0.5, 0.6) is 0 Å². The molecule has 0 fully saturated rings. The fraction of sp³-hybridized carbons (Fsp3) is 0.182. The number of Topliss-reactive ketones (excluding diaryl/α,β-unsaturated/α-hetero) is 1. The summed E-state index contributed by atoms with van der Waals surface area (Å²) in [6.07, 6.45) is 1.90. The number of aryl methyl sites for hydroxylation is 2. The largest absolute Gasteiger partial charge is 0.330 e. The number of carbonyl (C=O) groups excluding carboxylic acids is 1. The molecule has 0 atom stereocenters. The van der Waals surface area contributed by atoms with E-state index in [0.29, 0.717) is 27.6 Å². The van der Waals surface area contributed by atoms with Crippen molar-refractivity contribution in [3.05, 3.63) is 70.5 Å². The third kappa shape index (κ3) is 3.48. The lowest BCUT2D eigenvalue weighted by Gasteiger charge is -2.07. The first-order valence-electron chi connectivity index (χ1n) is 9.88. The first-order valence-corrected chi connectivity index (χ1v) is 10.6. The summed E-state index contributed by atoms with van der Waals surface area (Å²) in [7, 11) is 1.92. The standard InChI is InChI=1S/C22H18FN7OS/c1-12-22(32-28-26-12)18(31)10-16-11-30-19(25-16)9-8-17(27-30)21-20(24-13(2)29(21)3)14-4-6-15(23)7-5-14/h4-9,11H,10H2,1-3H3. The summed E-state index contributed by atoms with van der Waals surface area (Å²) in [5, 5.41) is 8.61. The van der Waals surface area contributed by atoms with Gasteiger partial charge in [0.2, 0.25) is 0 Å². The molecule has 0 spiro atoms. The molecule has 0 saturated carbocycles. The molecular weight excluding hydrogens is 429 g/mol. The van der Waals surface area contributed by atoms with Crippen LogP contribution in [0.25, 0.3) is 28.3 Å². The second-order valence-electron chi connectivity index (χ2n) is 7.46. The van der Waals surface area contributed by atoms with Gasteiger partial charge in [0, 0.05) is 12.6 Å². The number of aromatic nitrogens is 7. The maximum atomic E-state index is 13.4. The van der Waals surface area contributed by atoms with Gasteiger partial charge in [-0.2, -0.15) is 5.10 Å². The zero-order valence-electron chi connectivity index (χ0n) is 17.6. The van der Waals surface area contributed by atoms with E-state index in [2.05, 4.69) is 19.6 Å². The Bertz CT molecular complexity index is 1470. The predicted octanol–water partition coefficient (Wildman–Crippen LogP) is 3.83. The van der Waals surface area contributed by atoms with Gasteiger partial charge in [0.15, 0.2) is 11.4 Å². The first-order chi connectivity index (χ1) is 15.4. The van der Waals surface area contributed by atoms with Gasteiger partial charge in [0.25, 0.3) is 0 Å². The van der Waals surface area contributed by atoms with Crippen molar-refractivity contribution in [2.24, 2.45) is 7.05 Å². The minimum Gasteiger partial charge on any atom is -0.330 e. The van der Waals surface area contributed by atoms with Crippen molar-refractivity contribution in [3.63, 3.8) is 0 Å². The molecule has 0 amide bonds. The fourth-order valence-electron chi connectivity index (χ4n) is 3.59. The van der Waals surface area contributed by atoms with E-state index in [1.165, 1.54) is 12.1 Å². The molecule has 0 radical (unpaired) electrons. The summed E-state index contributed by atoms with van der Waals surface area (Å²) in [4.78, 5) is 22.3. The van der Waals surface area contributed by atoms with Crippen LogP contribution in [0.3, 0.4) is 0 Å². The molecule has 0 aliphatic heterocycles. The summed E-state index contributed by atoms with van der Waals surface area (Å²) in [6.45, 7) is 3.68. The summed E-state index contributed by atoms with van der Waals surface area (Å²) in [5.74, 6) is 0.445. The Morgan fingerprint density at radius 1 is 1.09 bits per heavy atom. The number of ketones is 1. The molecule has 0 bridgehead atoms. The van der Waals surface area contributed by atoms with Gasteiger partial charge >= 0.3 is 0 Å². The third-order valence-corrected chi connectivity index (χ3v) is 6.16. The smallest absolute Gasteiger partial charge is 0.182 e. The molecular formula is C22H18FN7OS. The summed E-state index contributed by atoms with van der Waals surface area (Å²) in [5.41, 5.74) is 4.92. The average molecular weight is 447 g/mol. The molecule has 0 aliphatic rings. The van der Waals surface area contributed by atoms with Gasteiger partial charge in [-0.05, 0) is 61.8 Å². The lowest BCUT2D eigenvalue weighted by molar-refractivity contribution is 0.0995. The van der Waals surface area contributed by atoms with Crippen LogP contribution in [0.2, 0.25) is 0 Å². The molecule has 1 aromatic carbocycles. The lowest BCUT2D eigenvalue weighted by Crippen LogP contribution is -2.03. The lowest BCUT2D eigenvalue weighted by atomic mass is 10.1. The Hall–Kier alpha value is -3.79. The van der Waals surface area contributed by atoms with Crippen LogP contribution >= 0.6 is 11.5 Å². The van der Waals surface area contributed by atoms with Crippen LogP contribution < -0.4 is 0 Å². The van der Waals surface area contributed by atoms with Crippen LogP contribution in [0.1, 0.15) is 26.9 Å². The van der Waals surface area contributed by atoms with E-state index >= 15 is 0 Å². The molecule has 0 unspecified atom stereocenters. The molecule has 4 aromatic heterocycles. The van der Waals surface area contributed by atoms with Gasteiger partial charge in [0.1, 0.15) is 22.2 Å². The van der Waals surface area contributed by atoms with E-state index in [9.17, 15) is 9.18 Å². The molecule has 0 saturated heterocycles. The Kier molecular flexibility index (Phi) is 4.86. The first kappa shape index (κ1) is 20.1. The SMILES string of the molecule is Cc1nnsc1C(=O)Cc1cn2nc(-c3c(-c4ccc(F)cc4)nc(C)n3C)ccc2n1. The molecule has 4 heterocycles. The minimum atomic E-state index is -0.299. The highest BCUT2D eigenvalue weighted by Gasteiger charge is 2.19. The maximum Gasteiger partial charge on any atom is 0.182 e. The molecule has 0 N–H and O–H groups in total. The summed E-state index contributed by atoms with van der Waals surface area (Å²) < 4.78 is 20.8. The van der Waals surface area contributed by atoms with Crippen molar-refractivity contribution in [1.82, 2.24) is 33.7 Å². The average Bonchev–Trinajstić information content (AvgIpc) is 3.45. The topological polar surface area (TPSA) is 90.9 Å². The van der Waals surface area contributed by atoms with E-state index in [-0.39, 0.29) is 18.0 Å². The fourth-order valence-corrected chi connectivity index (χ4v) is 4.18. The van der Waals surface area contributed by atoms with E-state index in [1.54, 1.807) is 29.8 Å². The number of benzene rings is 1. The van der Waals surface area contributed by atoms with E-state index in [1.807, 2.05) is 30.7 Å². The van der Waals surface area contributed by atoms with Gasteiger partial charge in [-0.15, -0.1) is 5.10 Å². The molecule has 0 aliphatic carbocycles. The number of halogens is 1. The van der Waals surface area contributed by atoms with Crippen LogP contribution in [-0.4, -0.2) is 39.5 Å². The van der Waals surface area contributed by atoms with Gasteiger partial charge in [0.05, 0.1) is 35.4 Å². The van der Waals surface area contributed by atoms with Crippen LogP contribution in [0.4, 0.5) is 4.39 Å². The Morgan fingerprint density at radius 2 is 1.88 bits per heavy atom. The zero-order chi connectivity index (χ0) is 22.4. The van der Waals surface area contributed by atoms with Crippen molar-refractivity contribution < 1.29 is 9.18 Å². The molecule has 32 heavy (non-hydrogen) atoms. The molecule has 5 aromatic rings. The van der Waals surface area contributed by atoms with Crippen LogP contribution in [0, 0.1) is 19.7 Å². The van der Waals surface area contributed by atoms with Crippen molar-refractivity contribution in [1.29, 1.82) is 0 Å². The van der Waals surface area contributed by atoms with Crippen molar-refractivity contribution in [2.45, 2.75) is 20.3 Å². The maximum absolute atomic E-state index is 13.4. The highest BCUT2D eigenvalue weighted by atomic mass is 32.1. The monoisotopic (exact) mass is 447 g/mol. The van der Waals surface area contributed by atoms with Crippen molar-refractivity contribution in [2.75, 3.05) is 0 Å². The zero-order valence-corrected chi connectivity index (χ0v) is 18.4. The number of hydrogen-bond acceptors (Lipinski definition) is 7. The molecule has 10 heteroatoms. The Labute approximate surface area is 186 Å². The van der Waals surface area contributed by atoms with Gasteiger partial charge in [-0.1, -0.05) is 4.49 Å². The Balaban J connectivity index is 1.53. The minimum absolute atomic E-state index is 0.0676. The van der Waals surface area contributed by atoms with Gasteiger partial charge < -0.3 is 4.57 Å². The van der Waals surface area contributed by atoms with E-state index in [0.717, 1.165) is 34.3 Å². The van der Waals surface area contributed by atoms with E-state index < -0.39 is 0 Å². The second kappa shape index (κ2) is 7.72. The highest BCUT2D eigenvalue weighted by Crippen LogP contribution is 2.31. The van der Waals surface area contributed by atoms with Gasteiger partial charge in [-0.25, -0.2) is 18.9 Å². The van der Waals surface area contributed by atoms with Crippen molar-refractivity contribution in [3.8, 4) is 22.6 Å². The number of carbonyl (C=O) groups is 1. The molecule has 5 rings (SSSR count). The number of rotatable bonds is 5. The van der Waals surface area contributed by atoms with Crippen molar-refractivity contribution >= 4 is 23.0 Å². The van der Waals surface area contributed by atoms with Crippen LogP contribution in [-0.2, 0) is 13.5 Å². The summed E-state index contributed by atoms with van der Waals surface area (Å²) >= 11 is 1.09. The predicted molar refractivity (Wildman–Crippen MR) is 118 cm³/mol. The number of imidazole rings is 2. The van der Waals surface area contributed by atoms with E-state index in [4.69, 9.17) is 5.10 Å². The highest BCUT2D eigenvalue weighted by molar-refractivity contribution is 7.08. The number of fused-ring (bicyclic) bond motifs is 1. The Morgan fingerprint density at radius 3 is 2.59 bits per heavy atom. The summed E-state index contributed by atoms with van der Waals surface area (Å²) in [6, 6.07) is 9.96. The number of hydrogen-bond donors (Lipinski definition) is 0.